The van der Waals surface area contributed by atoms with E-state index in [1.807, 2.05) is 73.8 Å². The number of hydrogen-bond donors (Lipinski definition) is 1. The van der Waals surface area contributed by atoms with Gasteiger partial charge in [0.2, 0.25) is 5.91 Å². The second-order valence-corrected chi connectivity index (χ2v) is 7.98. The molecule has 0 aliphatic carbocycles. The highest BCUT2D eigenvalue weighted by atomic mass is 32.1. The average molecular weight is 446 g/mol. The van der Waals surface area contributed by atoms with E-state index in [0.29, 0.717) is 18.1 Å². The molecule has 2 aromatic carbocycles. The van der Waals surface area contributed by atoms with Gasteiger partial charge in [0.1, 0.15) is 10.7 Å². The Labute approximate surface area is 190 Å². The molecule has 2 heterocycles. The minimum atomic E-state index is -0.368. The van der Waals surface area contributed by atoms with Gasteiger partial charge < -0.3 is 10.2 Å². The zero-order chi connectivity index (χ0) is 22.3. The van der Waals surface area contributed by atoms with Crippen LogP contribution in [-0.2, 0) is 11.3 Å². The molecule has 2 amide bonds. The van der Waals surface area contributed by atoms with Gasteiger partial charge in [-0.1, -0.05) is 48.5 Å². The van der Waals surface area contributed by atoms with E-state index in [4.69, 9.17) is 0 Å². The predicted octanol–water partition coefficient (Wildman–Crippen LogP) is 3.77. The fourth-order valence-corrected chi connectivity index (χ4v) is 3.98. The van der Waals surface area contributed by atoms with Crippen LogP contribution in [0.5, 0.6) is 0 Å². The summed E-state index contributed by atoms with van der Waals surface area (Å²) in [5.74, 6) is -0.503. The number of nitrogens with one attached hydrogen (secondary N) is 1. The molecule has 162 valence electrons. The summed E-state index contributed by atoms with van der Waals surface area (Å²) in [5, 5.41) is 9.45. The van der Waals surface area contributed by atoms with Crippen molar-refractivity contribution in [2.24, 2.45) is 0 Å². The van der Waals surface area contributed by atoms with E-state index in [2.05, 4.69) is 15.4 Å². The average Bonchev–Trinajstić information content (AvgIpc) is 3.52. The fraction of sp³-hybridized carbons (Fsp3) is 0.167. The van der Waals surface area contributed by atoms with Crippen molar-refractivity contribution in [3.63, 3.8) is 0 Å². The molecule has 0 aliphatic heterocycles. The number of carbonyl (C=O) groups excluding carboxylic acids is 2. The van der Waals surface area contributed by atoms with Crippen molar-refractivity contribution in [3.05, 3.63) is 89.7 Å². The number of amides is 2. The first-order chi connectivity index (χ1) is 15.6. The molecule has 2 aromatic heterocycles. The second-order valence-electron chi connectivity index (χ2n) is 7.12. The largest absolute Gasteiger partial charge is 0.342 e. The molecule has 7 nitrogen and oxygen atoms in total. The predicted molar refractivity (Wildman–Crippen MR) is 125 cm³/mol. The monoisotopic (exact) mass is 445 g/mol. The first kappa shape index (κ1) is 21.5. The van der Waals surface area contributed by atoms with E-state index < -0.39 is 0 Å². The molecule has 8 heteroatoms. The number of carbonyl (C=O) groups is 2. The summed E-state index contributed by atoms with van der Waals surface area (Å²) < 4.78 is 1.77. The zero-order valence-corrected chi connectivity index (χ0v) is 18.5. The summed E-state index contributed by atoms with van der Waals surface area (Å²) >= 11 is 1.37. The van der Waals surface area contributed by atoms with Crippen LogP contribution in [0.2, 0.25) is 0 Å². The Balaban J connectivity index is 1.36. The number of hydrogen-bond acceptors (Lipinski definition) is 5. The van der Waals surface area contributed by atoms with Crippen LogP contribution in [0.25, 0.3) is 16.3 Å². The molecule has 32 heavy (non-hydrogen) atoms. The number of nitrogens with zero attached hydrogens (tertiary/aromatic N) is 4. The van der Waals surface area contributed by atoms with Gasteiger partial charge in [-0.2, -0.15) is 5.10 Å². The SMILES string of the molecule is CCN(Cc1ccccc1)C(=O)CNC(=O)c1csc(-c2cnn(-c3ccccc3)c2)n1. The van der Waals surface area contributed by atoms with Crippen LogP contribution in [0.15, 0.2) is 78.4 Å². The Kier molecular flexibility index (Phi) is 6.72. The van der Waals surface area contributed by atoms with Gasteiger partial charge in [0.05, 0.1) is 18.4 Å². The van der Waals surface area contributed by atoms with E-state index >= 15 is 0 Å². The smallest absolute Gasteiger partial charge is 0.271 e. The fourth-order valence-electron chi connectivity index (χ4n) is 3.20. The number of thiazole rings is 1. The van der Waals surface area contributed by atoms with Crippen molar-refractivity contribution in [2.45, 2.75) is 13.5 Å². The third kappa shape index (κ3) is 5.09. The maximum Gasteiger partial charge on any atom is 0.271 e. The Morgan fingerprint density at radius 1 is 1.06 bits per heavy atom. The van der Waals surface area contributed by atoms with Gasteiger partial charge in [0.15, 0.2) is 0 Å². The van der Waals surface area contributed by atoms with Gasteiger partial charge >= 0.3 is 0 Å². The van der Waals surface area contributed by atoms with Crippen molar-refractivity contribution >= 4 is 23.2 Å². The molecular formula is C24H23N5O2S. The van der Waals surface area contributed by atoms with Crippen molar-refractivity contribution < 1.29 is 9.59 Å². The Bertz CT molecular complexity index is 1190. The lowest BCUT2D eigenvalue weighted by Gasteiger charge is -2.21. The van der Waals surface area contributed by atoms with Crippen molar-refractivity contribution in [1.82, 2.24) is 25.0 Å². The van der Waals surface area contributed by atoms with Crippen LogP contribution >= 0.6 is 11.3 Å². The van der Waals surface area contributed by atoms with Crippen LogP contribution in [0, 0.1) is 0 Å². The summed E-state index contributed by atoms with van der Waals surface area (Å²) in [6.07, 6.45) is 3.60. The summed E-state index contributed by atoms with van der Waals surface area (Å²) in [5.41, 5.74) is 3.11. The number of aromatic nitrogens is 3. The third-order valence-electron chi connectivity index (χ3n) is 4.94. The summed E-state index contributed by atoms with van der Waals surface area (Å²) in [6, 6.07) is 19.6. The Morgan fingerprint density at radius 3 is 2.50 bits per heavy atom. The molecule has 0 saturated carbocycles. The van der Waals surface area contributed by atoms with E-state index in [1.165, 1.54) is 11.3 Å². The molecule has 4 rings (SSSR count). The number of para-hydroxylation sites is 1. The minimum absolute atomic E-state index is 0.0711. The maximum atomic E-state index is 12.6. The van der Waals surface area contributed by atoms with Crippen LogP contribution in [0.4, 0.5) is 0 Å². The minimum Gasteiger partial charge on any atom is -0.342 e. The maximum absolute atomic E-state index is 12.6. The second kappa shape index (κ2) is 10.0. The zero-order valence-electron chi connectivity index (χ0n) is 17.6. The van der Waals surface area contributed by atoms with Gasteiger partial charge in [-0.3, -0.25) is 9.59 Å². The number of likely N-dealkylation sites (N-methyl/N-ethyl adjacent to an activating group) is 1. The lowest BCUT2D eigenvalue weighted by atomic mass is 10.2. The Morgan fingerprint density at radius 2 is 1.78 bits per heavy atom. The quantitative estimate of drug-likeness (QED) is 0.448. The number of benzene rings is 2. The van der Waals surface area contributed by atoms with E-state index in [-0.39, 0.29) is 24.1 Å². The molecule has 0 bridgehead atoms. The molecule has 0 spiro atoms. The molecule has 0 atom stereocenters. The third-order valence-corrected chi connectivity index (χ3v) is 5.83. The molecular weight excluding hydrogens is 422 g/mol. The van der Waals surface area contributed by atoms with Crippen molar-refractivity contribution in [2.75, 3.05) is 13.1 Å². The van der Waals surface area contributed by atoms with Gasteiger partial charge in [0.25, 0.3) is 5.91 Å². The summed E-state index contributed by atoms with van der Waals surface area (Å²) in [7, 11) is 0. The summed E-state index contributed by atoms with van der Waals surface area (Å²) in [6.45, 7) is 2.93. The van der Waals surface area contributed by atoms with Gasteiger partial charge in [0, 0.05) is 30.2 Å². The van der Waals surface area contributed by atoms with Crippen LogP contribution in [0.1, 0.15) is 23.0 Å². The molecule has 0 radical (unpaired) electrons. The standard InChI is InChI=1S/C24H23N5O2S/c1-2-28(15-18-9-5-3-6-10-18)22(30)14-25-23(31)21-17-32-24(27-21)19-13-26-29(16-19)20-11-7-4-8-12-20/h3-13,16-17H,2,14-15H2,1H3,(H,25,31). The van der Waals surface area contributed by atoms with Crippen LogP contribution < -0.4 is 5.32 Å². The molecule has 0 fully saturated rings. The van der Waals surface area contributed by atoms with E-state index in [9.17, 15) is 9.59 Å². The van der Waals surface area contributed by atoms with E-state index in [1.54, 1.807) is 21.2 Å². The van der Waals surface area contributed by atoms with Gasteiger partial charge in [-0.05, 0) is 24.6 Å². The highest BCUT2D eigenvalue weighted by molar-refractivity contribution is 7.13. The lowest BCUT2D eigenvalue weighted by Crippen LogP contribution is -2.39. The molecule has 0 saturated heterocycles. The molecule has 0 unspecified atom stereocenters. The lowest BCUT2D eigenvalue weighted by molar-refractivity contribution is -0.130. The van der Waals surface area contributed by atoms with Crippen LogP contribution in [-0.4, -0.2) is 44.6 Å². The normalized spacial score (nSPS) is 10.7. The molecule has 0 aliphatic rings. The first-order valence-corrected chi connectivity index (χ1v) is 11.2. The highest BCUT2D eigenvalue weighted by Gasteiger charge is 2.17. The first-order valence-electron chi connectivity index (χ1n) is 10.3. The Hall–Kier alpha value is -3.78. The highest BCUT2D eigenvalue weighted by Crippen LogP contribution is 2.24. The topological polar surface area (TPSA) is 80.1 Å². The van der Waals surface area contributed by atoms with E-state index in [0.717, 1.165) is 16.8 Å². The number of rotatable bonds is 8. The van der Waals surface area contributed by atoms with Gasteiger partial charge in [-0.15, -0.1) is 11.3 Å². The summed E-state index contributed by atoms with van der Waals surface area (Å²) in [4.78, 5) is 31.2. The van der Waals surface area contributed by atoms with Gasteiger partial charge in [-0.25, -0.2) is 9.67 Å². The van der Waals surface area contributed by atoms with Crippen molar-refractivity contribution in [3.8, 4) is 16.3 Å². The van der Waals surface area contributed by atoms with Crippen LogP contribution in [0.3, 0.4) is 0 Å². The molecule has 1 N–H and O–H groups in total. The van der Waals surface area contributed by atoms with Crippen molar-refractivity contribution in [1.29, 1.82) is 0 Å². The molecule has 4 aromatic rings.